The number of fused-ring (bicyclic) bond motifs is 4. The fraction of sp³-hybridized carbons (Fsp3) is 1.00. The molecule has 0 amide bonds. The molecule has 6 aliphatic rings. The maximum atomic E-state index is 6.08. The van der Waals surface area contributed by atoms with Gasteiger partial charge in [-0.05, 0) is 92.3 Å². The van der Waals surface area contributed by atoms with E-state index in [1.54, 1.807) is 44.9 Å². The molecule has 0 aromatic carbocycles. The Labute approximate surface area is 129 Å². The average molecular weight is 286 g/mol. The van der Waals surface area contributed by atoms with E-state index in [9.17, 15) is 0 Å². The summed E-state index contributed by atoms with van der Waals surface area (Å²) in [6, 6.07) is 0. The van der Waals surface area contributed by atoms with Crippen LogP contribution in [0.15, 0.2) is 0 Å². The van der Waals surface area contributed by atoms with Crippen LogP contribution in [0.1, 0.15) is 64.2 Å². The second-order valence-corrected chi connectivity index (χ2v) is 9.48. The van der Waals surface area contributed by atoms with Crippen LogP contribution in [-0.4, -0.2) is 12.2 Å². The molecule has 6 fully saturated rings. The van der Waals surface area contributed by atoms with Crippen molar-refractivity contribution in [2.45, 2.75) is 76.4 Å². The van der Waals surface area contributed by atoms with Gasteiger partial charge >= 0.3 is 0 Å². The Morgan fingerprint density at radius 3 is 2.29 bits per heavy atom. The molecule has 1 aliphatic heterocycles. The molecule has 1 heteroatoms. The minimum atomic E-state index is 0.704. The summed E-state index contributed by atoms with van der Waals surface area (Å²) in [5, 5.41) is 0. The summed E-state index contributed by atoms with van der Waals surface area (Å²) < 4.78 is 6.08. The van der Waals surface area contributed by atoms with E-state index in [4.69, 9.17) is 4.74 Å². The van der Waals surface area contributed by atoms with E-state index >= 15 is 0 Å². The van der Waals surface area contributed by atoms with Gasteiger partial charge in [-0.2, -0.15) is 0 Å². The molecular formula is C20H30O. The van der Waals surface area contributed by atoms with Crippen LogP contribution in [0.5, 0.6) is 0 Å². The molecular weight excluding hydrogens is 256 g/mol. The van der Waals surface area contributed by atoms with Crippen LogP contribution in [0.25, 0.3) is 0 Å². The molecule has 1 nitrogen and oxygen atoms in total. The lowest BCUT2D eigenvalue weighted by Crippen LogP contribution is -2.55. The van der Waals surface area contributed by atoms with E-state index in [-0.39, 0.29) is 0 Å². The molecule has 10 atom stereocenters. The van der Waals surface area contributed by atoms with E-state index in [2.05, 4.69) is 0 Å². The van der Waals surface area contributed by atoms with Gasteiger partial charge in [0.25, 0.3) is 0 Å². The SMILES string of the molecule is C1CCC2C(C1)CC1CCC3CC4OC4C4CCC2C1C34. The zero-order chi connectivity index (χ0) is 13.6. The first-order valence-corrected chi connectivity index (χ1v) is 10.1. The first-order chi connectivity index (χ1) is 10.4. The standard InChI is InChI=1S/C20H30O/c1-2-4-14-11(3-1)9-12-5-6-13-10-17-20(21-17)16-8-7-15(14)18(12)19(13)16/h11-20H,1-10H2. The zero-order valence-electron chi connectivity index (χ0n) is 13.3. The number of ether oxygens (including phenoxy) is 1. The third-order valence-electron chi connectivity index (χ3n) is 8.97. The third-order valence-corrected chi connectivity index (χ3v) is 8.97. The van der Waals surface area contributed by atoms with Crippen molar-refractivity contribution in [3.05, 3.63) is 0 Å². The fourth-order valence-corrected chi connectivity index (χ4v) is 8.42. The molecule has 0 radical (unpaired) electrons. The van der Waals surface area contributed by atoms with Gasteiger partial charge in [-0.15, -0.1) is 0 Å². The largest absolute Gasteiger partial charge is 0.369 e. The van der Waals surface area contributed by atoms with E-state index in [1.165, 1.54) is 19.3 Å². The molecule has 5 saturated carbocycles. The number of hydrogen-bond donors (Lipinski definition) is 0. The summed E-state index contributed by atoms with van der Waals surface area (Å²) in [5.41, 5.74) is 0. The minimum absolute atomic E-state index is 0.704. The van der Waals surface area contributed by atoms with Crippen molar-refractivity contribution >= 4 is 0 Å². The van der Waals surface area contributed by atoms with Gasteiger partial charge in [0.15, 0.2) is 0 Å². The molecule has 0 aromatic rings. The molecule has 1 saturated heterocycles. The van der Waals surface area contributed by atoms with Crippen LogP contribution < -0.4 is 0 Å². The van der Waals surface area contributed by atoms with Crippen LogP contribution in [0.4, 0.5) is 0 Å². The number of rotatable bonds is 0. The third kappa shape index (κ3) is 1.62. The smallest absolute Gasteiger partial charge is 0.0872 e. The topological polar surface area (TPSA) is 12.5 Å². The first kappa shape index (κ1) is 12.4. The maximum absolute atomic E-state index is 6.08. The fourth-order valence-electron chi connectivity index (χ4n) is 8.42. The monoisotopic (exact) mass is 286 g/mol. The van der Waals surface area contributed by atoms with E-state index in [0.29, 0.717) is 6.10 Å². The van der Waals surface area contributed by atoms with Crippen LogP contribution >= 0.6 is 0 Å². The molecule has 5 aliphatic carbocycles. The summed E-state index contributed by atoms with van der Waals surface area (Å²) >= 11 is 0. The number of hydrogen-bond acceptors (Lipinski definition) is 1. The lowest BCUT2D eigenvalue weighted by atomic mass is 9.44. The van der Waals surface area contributed by atoms with Gasteiger partial charge in [0.1, 0.15) is 0 Å². The summed E-state index contributed by atoms with van der Waals surface area (Å²) in [4.78, 5) is 0. The summed E-state index contributed by atoms with van der Waals surface area (Å²) in [6.45, 7) is 0. The highest BCUT2D eigenvalue weighted by atomic mass is 16.6. The van der Waals surface area contributed by atoms with Crippen molar-refractivity contribution in [1.29, 1.82) is 0 Å². The van der Waals surface area contributed by atoms with Gasteiger partial charge in [0.05, 0.1) is 12.2 Å². The molecule has 10 unspecified atom stereocenters. The maximum Gasteiger partial charge on any atom is 0.0872 e. The van der Waals surface area contributed by atoms with Crippen molar-refractivity contribution in [1.82, 2.24) is 0 Å². The Kier molecular flexibility index (Phi) is 2.52. The van der Waals surface area contributed by atoms with Crippen LogP contribution in [0.3, 0.4) is 0 Å². The summed E-state index contributed by atoms with van der Waals surface area (Å²) in [7, 11) is 0. The molecule has 1 heterocycles. The molecule has 0 bridgehead atoms. The molecule has 116 valence electrons. The Bertz CT molecular complexity index is 445. The van der Waals surface area contributed by atoms with Gasteiger partial charge in [0.2, 0.25) is 0 Å². The predicted octanol–water partition coefficient (Wildman–Crippen LogP) is 4.65. The highest BCUT2D eigenvalue weighted by Gasteiger charge is 2.63. The first-order valence-electron chi connectivity index (χ1n) is 10.1. The highest BCUT2D eigenvalue weighted by molar-refractivity contribution is 5.11. The van der Waals surface area contributed by atoms with E-state index in [0.717, 1.165) is 53.4 Å². The lowest BCUT2D eigenvalue weighted by Gasteiger charge is -2.61. The van der Waals surface area contributed by atoms with Crippen molar-refractivity contribution in [2.24, 2.45) is 47.3 Å². The Balaban J connectivity index is 1.37. The molecule has 0 spiro atoms. The van der Waals surface area contributed by atoms with Crippen LogP contribution in [-0.2, 0) is 4.74 Å². The van der Waals surface area contributed by atoms with Gasteiger partial charge in [-0.25, -0.2) is 0 Å². The van der Waals surface area contributed by atoms with Gasteiger partial charge in [-0.3, -0.25) is 0 Å². The Morgan fingerprint density at radius 1 is 0.571 bits per heavy atom. The van der Waals surface area contributed by atoms with Crippen LogP contribution in [0.2, 0.25) is 0 Å². The minimum Gasteiger partial charge on any atom is -0.369 e. The molecule has 21 heavy (non-hydrogen) atoms. The lowest BCUT2D eigenvalue weighted by molar-refractivity contribution is -0.117. The predicted molar refractivity (Wildman–Crippen MR) is 82.8 cm³/mol. The number of epoxide rings is 1. The molecule has 0 aromatic heterocycles. The second kappa shape index (κ2) is 4.28. The molecule has 0 N–H and O–H groups in total. The van der Waals surface area contributed by atoms with E-state index in [1.807, 2.05) is 0 Å². The van der Waals surface area contributed by atoms with Crippen LogP contribution in [0, 0.1) is 47.3 Å². The summed E-state index contributed by atoms with van der Waals surface area (Å²) in [5.74, 6) is 8.79. The van der Waals surface area contributed by atoms with Crippen molar-refractivity contribution in [3.63, 3.8) is 0 Å². The zero-order valence-corrected chi connectivity index (χ0v) is 13.3. The normalized spacial score (nSPS) is 64.0. The van der Waals surface area contributed by atoms with Crippen molar-refractivity contribution < 1.29 is 4.74 Å². The Morgan fingerprint density at radius 2 is 1.33 bits per heavy atom. The Hall–Kier alpha value is -0.0400. The second-order valence-electron chi connectivity index (χ2n) is 9.48. The van der Waals surface area contributed by atoms with Gasteiger partial charge in [0, 0.05) is 0 Å². The average Bonchev–Trinajstić information content (AvgIpc) is 3.31. The van der Waals surface area contributed by atoms with Gasteiger partial charge < -0.3 is 4.74 Å². The quantitative estimate of drug-likeness (QED) is 0.590. The molecule has 6 rings (SSSR count). The van der Waals surface area contributed by atoms with E-state index < -0.39 is 0 Å². The van der Waals surface area contributed by atoms with Gasteiger partial charge in [-0.1, -0.05) is 19.3 Å². The summed E-state index contributed by atoms with van der Waals surface area (Å²) in [6.07, 6.45) is 17.0. The van der Waals surface area contributed by atoms with Crippen molar-refractivity contribution in [3.8, 4) is 0 Å². The van der Waals surface area contributed by atoms with Crippen molar-refractivity contribution in [2.75, 3.05) is 0 Å². The highest BCUT2D eigenvalue weighted by Crippen LogP contribution is 2.66.